The fourth-order valence-corrected chi connectivity index (χ4v) is 3.31. The molecule has 0 atom stereocenters. The molecular weight excluding hydrogens is 392 g/mol. The van der Waals surface area contributed by atoms with Crippen LogP contribution in [0, 0.1) is 6.92 Å². The van der Waals surface area contributed by atoms with Gasteiger partial charge in [-0.15, -0.1) is 0 Å². The molecular formula is C26H26O5. The van der Waals surface area contributed by atoms with E-state index in [0.29, 0.717) is 33.9 Å². The van der Waals surface area contributed by atoms with Gasteiger partial charge in [-0.3, -0.25) is 4.79 Å². The molecule has 160 valence electrons. The molecule has 3 aromatic carbocycles. The lowest BCUT2D eigenvalue weighted by Crippen LogP contribution is -2.08. The number of aryl methyl sites for hydroxylation is 1. The van der Waals surface area contributed by atoms with Crippen molar-refractivity contribution < 1.29 is 23.7 Å². The van der Waals surface area contributed by atoms with Gasteiger partial charge in [-0.25, -0.2) is 0 Å². The van der Waals surface area contributed by atoms with Crippen LogP contribution in [0.5, 0.6) is 23.0 Å². The molecule has 0 aliphatic carbocycles. The molecule has 0 amide bonds. The second-order valence-electron chi connectivity index (χ2n) is 6.97. The number of ether oxygens (including phenoxy) is 4. The lowest BCUT2D eigenvalue weighted by molar-refractivity contribution is 0.103. The Bertz CT molecular complexity index is 1100. The topological polar surface area (TPSA) is 54.0 Å². The van der Waals surface area contributed by atoms with Crippen molar-refractivity contribution >= 4 is 17.9 Å². The quantitative estimate of drug-likeness (QED) is 0.361. The van der Waals surface area contributed by atoms with E-state index in [4.69, 9.17) is 18.9 Å². The first kappa shape index (κ1) is 22.0. The fourth-order valence-electron chi connectivity index (χ4n) is 3.31. The molecule has 0 saturated heterocycles. The van der Waals surface area contributed by atoms with Crippen LogP contribution in [0.4, 0.5) is 0 Å². The van der Waals surface area contributed by atoms with Gasteiger partial charge in [-0.1, -0.05) is 24.3 Å². The minimum absolute atomic E-state index is 0.157. The third-order valence-electron chi connectivity index (χ3n) is 4.91. The van der Waals surface area contributed by atoms with Gasteiger partial charge in [0.25, 0.3) is 0 Å². The molecule has 3 rings (SSSR count). The SMILES string of the molecule is COc1ccc(/C=C/c2cc(OC)cc(OC)c2C(=O)c2cc(C)cc(OC)c2)cc1. The first-order valence-corrected chi connectivity index (χ1v) is 9.77. The summed E-state index contributed by atoms with van der Waals surface area (Å²) < 4.78 is 21.5. The zero-order valence-corrected chi connectivity index (χ0v) is 18.4. The average Bonchev–Trinajstić information content (AvgIpc) is 2.81. The molecule has 0 heterocycles. The van der Waals surface area contributed by atoms with Crippen molar-refractivity contribution in [3.8, 4) is 23.0 Å². The van der Waals surface area contributed by atoms with Gasteiger partial charge in [0.05, 0.1) is 34.0 Å². The number of carbonyl (C=O) groups excluding carboxylic acids is 1. The van der Waals surface area contributed by atoms with E-state index in [1.165, 1.54) is 0 Å². The predicted octanol–water partition coefficient (Wildman–Crippen LogP) is 5.43. The van der Waals surface area contributed by atoms with Crippen LogP contribution in [0.25, 0.3) is 12.2 Å². The molecule has 0 spiro atoms. The molecule has 31 heavy (non-hydrogen) atoms. The summed E-state index contributed by atoms with van der Waals surface area (Å²) in [6.45, 7) is 1.93. The highest BCUT2D eigenvalue weighted by atomic mass is 16.5. The van der Waals surface area contributed by atoms with E-state index in [2.05, 4.69) is 0 Å². The molecule has 0 saturated carbocycles. The molecule has 0 fully saturated rings. The van der Waals surface area contributed by atoms with Gasteiger partial charge < -0.3 is 18.9 Å². The van der Waals surface area contributed by atoms with Gasteiger partial charge in [0.1, 0.15) is 23.0 Å². The first-order chi connectivity index (χ1) is 15.0. The summed E-state index contributed by atoms with van der Waals surface area (Å²) >= 11 is 0. The Kier molecular flexibility index (Phi) is 6.98. The summed E-state index contributed by atoms with van der Waals surface area (Å²) in [4.78, 5) is 13.5. The molecule has 0 aliphatic rings. The van der Waals surface area contributed by atoms with Crippen molar-refractivity contribution in [1.29, 1.82) is 0 Å². The van der Waals surface area contributed by atoms with Crippen LogP contribution in [-0.2, 0) is 0 Å². The minimum Gasteiger partial charge on any atom is -0.497 e. The van der Waals surface area contributed by atoms with E-state index in [9.17, 15) is 4.79 Å². The Labute approximate surface area is 182 Å². The lowest BCUT2D eigenvalue weighted by atomic mass is 9.95. The monoisotopic (exact) mass is 418 g/mol. The van der Waals surface area contributed by atoms with Crippen molar-refractivity contribution in [2.24, 2.45) is 0 Å². The summed E-state index contributed by atoms with van der Waals surface area (Å²) in [7, 11) is 6.34. The zero-order chi connectivity index (χ0) is 22.4. The summed E-state index contributed by atoms with van der Waals surface area (Å²) in [5.41, 5.74) is 3.58. The number of hydrogen-bond donors (Lipinski definition) is 0. The van der Waals surface area contributed by atoms with Crippen LogP contribution in [0.3, 0.4) is 0 Å². The predicted molar refractivity (Wildman–Crippen MR) is 123 cm³/mol. The van der Waals surface area contributed by atoms with E-state index in [1.807, 2.05) is 61.5 Å². The van der Waals surface area contributed by atoms with Gasteiger partial charge >= 0.3 is 0 Å². The molecule has 5 nitrogen and oxygen atoms in total. The summed E-state index contributed by atoms with van der Waals surface area (Å²) in [6, 6.07) is 16.6. The highest BCUT2D eigenvalue weighted by Gasteiger charge is 2.20. The summed E-state index contributed by atoms with van der Waals surface area (Å²) in [5, 5.41) is 0. The van der Waals surface area contributed by atoms with E-state index < -0.39 is 0 Å². The molecule has 5 heteroatoms. The van der Waals surface area contributed by atoms with E-state index in [0.717, 1.165) is 16.9 Å². The van der Waals surface area contributed by atoms with Crippen molar-refractivity contribution in [1.82, 2.24) is 0 Å². The molecule has 0 N–H and O–H groups in total. The number of methoxy groups -OCH3 is 4. The molecule has 0 radical (unpaired) electrons. The third-order valence-corrected chi connectivity index (χ3v) is 4.91. The Balaban J connectivity index is 2.10. The number of carbonyl (C=O) groups is 1. The van der Waals surface area contributed by atoms with Crippen molar-refractivity contribution in [2.75, 3.05) is 28.4 Å². The Morgan fingerprint density at radius 3 is 1.97 bits per heavy atom. The van der Waals surface area contributed by atoms with Gasteiger partial charge in [-0.05, 0) is 60.0 Å². The Hall–Kier alpha value is -3.73. The van der Waals surface area contributed by atoms with Crippen LogP contribution in [0.15, 0.2) is 54.6 Å². The smallest absolute Gasteiger partial charge is 0.197 e. The van der Waals surface area contributed by atoms with Crippen molar-refractivity contribution in [3.63, 3.8) is 0 Å². The van der Waals surface area contributed by atoms with Gasteiger partial charge in [0.15, 0.2) is 5.78 Å². The van der Waals surface area contributed by atoms with E-state index in [1.54, 1.807) is 40.6 Å². The summed E-state index contributed by atoms with van der Waals surface area (Å²) in [5.74, 6) is 2.30. The van der Waals surface area contributed by atoms with Crippen LogP contribution >= 0.6 is 0 Å². The van der Waals surface area contributed by atoms with Gasteiger partial charge in [0, 0.05) is 11.6 Å². The van der Waals surface area contributed by atoms with Crippen LogP contribution < -0.4 is 18.9 Å². The third kappa shape index (κ3) is 5.07. The van der Waals surface area contributed by atoms with Crippen LogP contribution in [0.1, 0.15) is 32.6 Å². The van der Waals surface area contributed by atoms with Crippen molar-refractivity contribution in [2.45, 2.75) is 6.92 Å². The van der Waals surface area contributed by atoms with E-state index >= 15 is 0 Å². The first-order valence-electron chi connectivity index (χ1n) is 9.77. The average molecular weight is 418 g/mol. The Morgan fingerprint density at radius 2 is 1.35 bits per heavy atom. The molecule has 0 unspecified atom stereocenters. The molecule has 3 aromatic rings. The van der Waals surface area contributed by atoms with E-state index in [-0.39, 0.29) is 5.78 Å². The van der Waals surface area contributed by atoms with Crippen LogP contribution in [-0.4, -0.2) is 34.2 Å². The standard InChI is InChI=1S/C26H26O5/c1-17-12-20(15-22(13-17)29-3)26(27)25-19(14-23(30-4)16-24(25)31-5)9-6-18-7-10-21(28-2)11-8-18/h6-16H,1-5H3/b9-6+. The number of benzene rings is 3. The highest BCUT2D eigenvalue weighted by Crippen LogP contribution is 2.33. The molecule has 0 aliphatic heterocycles. The Morgan fingerprint density at radius 1 is 0.710 bits per heavy atom. The lowest BCUT2D eigenvalue weighted by Gasteiger charge is -2.14. The largest absolute Gasteiger partial charge is 0.497 e. The maximum absolute atomic E-state index is 13.5. The molecule has 0 bridgehead atoms. The zero-order valence-electron chi connectivity index (χ0n) is 18.4. The number of ketones is 1. The normalized spacial score (nSPS) is 10.7. The van der Waals surface area contributed by atoms with Crippen molar-refractivity contribution in [3.05, 3.63) is 82.4 Å². The minimum atomic E-state index is -0.157. The van der Waals surface area contributed by atoms with Gasteiger partial charge in [-0.2, -0.15) is 0 Å². The maximum atomic E-state index is 13.5. The second kappa shape index (κ2) is 9.85. The van der Waals surface area contributed by atoms with Crippen LogP contribution in [0.2, 0.25) is 0 Å². The number of hydrogen-bond acceptors (Lipinski definition) is 5. The summed E-state index contributed by atoms with van der Waals surface area (Å²) in [6.07, 6.45) is 3.81. The second-order valence-corrected chi connectivity index (χ2v) is 6.97. The van der Waals surface area contributed by atoms with Gasteiger partial charge in [0.2, 0.25) is 0 Å². The fraction of sp³-hybridized carbons (Fsp3) is 0.192. The number of rotatable bonds is 8. The highest BCUT2D eigenvalue weighted by molar-refractivity contribution is 6.13. The maximum Gasteiger partial charge on any atom is 0.197 e. The molecule has 0 aromatic heterocycles.